The Morgan fingerprint density at radius 3 is 2.50 bits per heavy atom. The molecule has 1 unspecified atom stereocenters. The van der Waals surface area contributed by atoms with Crippen molar-refractivity contribution >= 4 is 5.97 Å². The average molecular weight is 280 g/mol. The molecule has 1 fully saturated rings. The Balaban J connectivity index is 2.09. The topological polar surface area (TPSA) is 65.0 Å². The van der Waals surface area contributed by atoms with Crippen molar-refractivity contribution < 1.29 is 24.1 Å². The number of carboxylic acid groups (broad SMARTS) is 1. The standard InChI is InChI=1S/C15H20O5/c1-3-11-8-13(9-14(16)17)20-15(19-11)10-4-6-12(18-2)7-5-10/h4-7,11,13,15H,3,8-9H2,1-2H3,(H,16,17)/t11-,13-,15?/m1/s1. The average Bonchev–Trinajstić information content (AvgIpc) is 2.46. The van der Waals surface area contributed by atoms with Gasteiger partial charge in [0.15, 0.2) is 6.29 Å². The third-order valence-corrected chi connectivity index (χ3v) is 3.40. The fraction of sp³-hybridized carbons (Fsp3) is 0.533. The summed E-state index contributed by atoms with van der Waals surface area (Å²) in [4.78, 5) is 10.9. The molecule has 0 radical (unpaired) electrons. The van der Waals surface area contributed by atoms with Crippen LogP contribution in [0.15, 0.2) is 24.3 Å². The van der Waals surface area contributed by atoms with E-state index in [9.17, 15) is 4.79 Å². The third-order valence-electron chi connectivity index (χ3n) is 3.40. The largest absolute Gasteiger partial charge is 0.497 e. The highest BCUT2D eigenvalue weighted by Crippen LogP contribution is 2.32. The Morgan fingerprint density at radius 1 is 1.30 bits per heavy atom. The SMILES string of the molecule is CC[C@@H]1C[C@H](CC(=O)O)OC(c2ccc(OC)cc2)O1. The minimum atomic E-state index is -0.847. The van der Waals surface area contributed by atoms with Crippen LogP contribution in [-0.2, 0) is 14.3 Å². The molecule has 2 rings (SSSR count). The molecule has 1 aliphatic rings. The van der Waals surface area contributed by atoms with E-state index in [1.807, 2.05) is 31.2 Å². The summed E-state index contributed by atoms with van der Waals surface area (Å²) in [5.41, 5.74) is 0.874. The number of carboxylic acids is 1. The summed E-state index contributed by atoms with van der Waals surface area (Å²) < 4.78 is 16.7. The van der Waals surface area contributed by atoms with Crippen LogP contribution >= 0.6 is 0 Å². The summed E-state index contributed by atoms with van der Waals surface area (Å²) in [5.74, 6) is -0.0843. The highest BCUT2D eigenvalue weighted by atomic mass is 16.7. The molecule has 0 bridgehead atoms. The van der Waals surface area contributed by atoms with Gasteiger partial charge < -0.3 is 19.3 Å². The van der Waals surface area contributed by atoms with Gasteiger partial charge in [-0.2, -0.15) is 0 Å². The first-order chi connectivity index (χ1) is 9.62. The van der Waals surface area contributed by atoms with Crippen molar-refractivity contribution in [1.29, 1.82) is 0 Å². The Bertz CT molecular complexity index is 442. The molecule has 0 aliphatic carbocycles. The summed E-state index contributed by atoms with van der Waals surface area (Å²) >= 11 is 0. The van der Waals surface area contributed by atoms with E-state index in [1.165, 1.54) is 0 Å². The van der Waals surface area contributed by atoms with E-state index in [0.717, 1.165) is 17.7 Å². The minimum absolute atomic E-state index is 0.00646. The maximum absolute atomic E-state index is 10.9. The van der Waals surface area contributed by atoms with Gasteiger partial charge in [-0.1, -0.05) is 19.1 Å². The van der Waals surface area contributed by atoms with Crippen molar-refractivity contribution in [2.75, 3.05) is 7.11 Å². The Labute approximate surface area is 118 Å². The lowest BCUT2D eigenvalue weighted by Gasteiger charge is -2.35. The van der Waals surface area contributed by atoms with Crippen LogP contribution in [0.2, 0.25) is 0 Å². The summed E-state index contributed by atoms with van der Waals surface area (Å²) in [5, 5.41) is 8.91. The molecule has 1 aromatic carbocycles. The van der Waals surface area contributed by atoms with Gasteiger partial charge in [0, 0.05) is 12.0 Å². The lowest BCUT2D eigenvalue weighted by Crippen LogP contribution is -2.34. The molecule has 5 heteroatoms. The molecule has 0 aromatic heterocycles. The lowest BCUT2D eigenvalue weighted by molar-refractivity contribution is -0.249. The zero-order valence-corrected chi connectivity index (χ0v) is 11.7. The van der Waals surface area contributed by atoms with Gasteiger partial charge in [-0.25, -0.2) is 0 Å². The Kier molecular flexibility index (Phi) is 4.98. The van der Waals surface area contributed by atoms with Crippen molar-refractivity contribution in [2.45, 2.75) is 44.7 Å². The molecule has 5 nitrogen and oxygen atoms in total. The third kappa shape index (κ3) is 3.71. The van der Waals surface area contributed by atoms with E-state index < -0.39 is 12.3 Å². The first-order valence-electron chi connectivity index (χ1n) is 6.79. The van der Waals surface area contributed by atoms with Gasteiger partial charge in [-0.05, 0) is 18.6 Å². The fourth-order valence-electron chi connectivity index (χ4n) is 2.29. The summed E-state index contributed by atoms with van der Waals surface area (Å²) in [7, 11) is 1.61. The van der Waals surface area contributed by atoms with E-state index in [0.29, 0.717) is 6.42 Å². The van der Waals surface area contributed by atoms with Gasteiger partial charge in [0.1, 0.15) is 5.75 Å². The quantitative estimate of drug-likeness (QED) is 0.898. The van der Waals surface area contributed by atoms with Gasteiger partial charge >= 0.3 is 5.97 Å². The van der Waals surface area contributed by atoms with Gasteiger partial charge in [-0.15, -0.1) is 0 Å². The fourth-order valence-corrected chi connectivity index (χ4v) is 2.29. The second-order valence-corrected chi connectivity index (χ2v) is 4.86. The maximum Gasteiger partial charge on any atom is 0.305 e. The first-order valence-corrected chi connectivity index (χ1v) is 6.79. The van der Waals surface area contributed by atoms with E-state index in [4.69, 9.17) is 19.3 Å². The normalized spacial score (nSPS) is 26.2. The lowest BCUT2D eigenvalue weighted by atomic mass is 10.0. The zero-order valence-electron chi connectivity index (χ0n) is 11.7. The molecule has 1 heterocycles. The van der Waals surface area contributed by atoms with Crippen LogP contribution in [0.4, 0.5) is 0 Å². The number of hydrogen-bond donors (Lipinski definition) is 1. The molecule has 0 amide bonds. The van der Waals surface area contributed by atoms with E-state index >= 15 is 0 Å². The molecule has 20 heavy (non-hydrogen) atoms. The second-order valence-electron chi connectivity index (χ2n) is 4.86. The monoisotopic (exact) mass is 280 g/mol. The van der Waals surface area contributed by atoms with Gasteiger partial charge in [0.25, 0.3) is 0 Å². The molecule has 110 valence electrons. The van der Waals surface area contributed by atoms with Crippen LogP contribution in [0.3, 0.4) is 0 Å². The highest BCUT2D eigenvalue weighted by Gasteiger charge is 2.31. The second kappa shape index (κ2) is 6.72. The number of methoxy groups -OCH3 is 1. The van der Waals surface area contributed by atoms with Crippen LogP contribution in [-0.4, -0.2) is 30.4 Å². The molecular formula is C15H20O5. The van der Waals surface area contributed by atoms with Gasteiger partial charge in [-0.3, -0.25) is 4.79 Å². The molecule has 1 aliphatic heterocycles. The number of carbonyl (C=O) groups is 1. The van der Waals surface area contributed by atoms with Crippen LogP contribution in [0.1, 0.15) is 38.0 Å². The van der Waals surface area contributed by atoms with Gasteiger partial charge in [0.05, 0.1) is 25.7 Å². The molecule has 3 atom stereocenters. The smallest absolute Gasteiger partial charge is 0.305 e. The molecular weight excluding hydrogens is 260 g/mol. The van der Waals surface area contributed by atoms with Crippen LogP contribution < -0.4 is 4.74 Å². The predicted molar refractivity (Wildman–Crippen MR) is 72.6 cm³/mol. The van der Waals surface area contributed by atoms with Crippen LogP contribution in [0.25, 0.3) is 0 Å². The summed E-state index contributed by atoms with van der Waals surface area (Å²) in [6.45, 7) is 2.03. The number of ether oxygens (including phenoxy) is 3. The van der Waals surface area contributed by atoms with E-state index in [2.05, 4.69) is 0 Å². The van der Waals surface area contributed by atoms with Crippen LogP contribution in [0.5, 0.6) is 5.75 Å². The van der Waals surface area contributed by atoms with Crippen LogP contribution in [0, 0.1) is 0 Å². The predicted octanol–water partition coefficient (Wildman–Crippen LogP) is 2.75. The molecule has 0 spiro atoms. The van der Waals surface area contributed by atoms with Crippen molar-refractivity contribution in [3.8, 4) is 5.75 Å². The van der Waals surface area contributed by atoms with E-state index in [1.54, 1.807) is 7.11 Å². The Hall–Kier alpha value is -1.59. The Morgan fingerprint density at radius 2 is 1.95 bits per heavy atom. The van der Waals surface area contributed by atoms with Gasteiger partial charge in [0.2, 0.25) is 0 Å². The highest BCUT2D eigenvalue weighted by molar-refractivity contribution is 5.67. The van der Waals surface area contributed by atoms with Crippen molar-refractivity contribution in [3.05, 3.63) is 29.8 Å². The summed E-state index contributed by atoms with van der Waals surface area (Å²) in [6.07, 6.45) is 0.677. The minimum Gasteiger partial charge on any atom is -0.497 e. The zero-order chi connectivity index (χ0) is 14.5. The number of hydrogen-bond acceptors (Lipinski definition) is 4. The van der Waals surface area contributed by atoms with E-state index in [-0.39, 0.29) is 18.6 Å². The molecule has 1 saturated heterocycles. The van der Waals surface area contributed by atoms with Crippen molar-refractivity contribution in [1.82, 2.24) is 0 Å². The number of benzene rings is 1. The molecule has 0 saturated carbocycles. The summed E-state index contributed by atoms with van der Waals surface area (Å²) in [6, 6.07) is 7.42. The van der Waals surface area contributed by atoms with Crippen molar-refractivity contribution in [3.63, 3.8) is 0 Å². The van der Waals surface area contributed by atoms with Crippen molar-refractivity contribution in [2.24, 2.45) is 0 Å². The number of rotatable bonds is 5. The first kappa shape index (κ1) is 14.8. The molecule has 1 aromatic rings. The molecule has 1 N–H and O–H groups in total. The maximum atomic E-state index is 10.9. The number of aliphatic carboxylic acids is 1.